The van der Waals surface area contributed by atoms with Gasteiger partial charge in [0.2, 0.25) is 5.91 Å². The Bertz CT molecular complexity index is 680. The van der Waals surface area contributed by atoms with Crippen LogP contribution in [0.4, 0.5) is 11.5 Å². The molecule has 25 heavy (non-hydrogen) atoms. The van der Waals surface area contributed by atoms with Crippen LogP contribution in [0.1, 0.15) is 18.4 Å². The van der Waals surface area contributed by atoms with Gasteiger partial charge in [-0.2, -0.15) is 0 Å². The van der Waals surface area contributed by atoms with Crippen molar-refractivity contribution in [1.29, 1.82) is 0 Å². The lowest BCUT2D eigenvalue weighted by atomic mass is 9.99. The molecule has 2 heterocycles. The number of carbonyl (C=O) groups is 1. The fraction of sp³-hybridized carbons (Fsp3) is 0.368. The Hall–Kier alpha value is -2.60. The molecule has 132 valence electrons. The van der Waals surface area contributed by atoms with Gasteiger partial charge in [-0.05, 0) is 42.7 Å². The summed E-state index contributed by atoms with van der Waals surface area (Å²) in [6.45, 7) is 1.99. The highest BCUT2D eigenvalue weighted by molar-refractivity contribution is 5.92. The minimum Gasteiger partial charge on any atom is -0.497 e. The van der Waals surface area contributed by atoms with Crippen molar-refractivity contribution in [2.75, 3.05) is 31.0 Å². The smallest absolute Gasteiger partial charge is 0.227 e. The molecule has 1 amide bonds. The van der Waals surface area contributed by atoms with Gasteiger partial charge in [-0.25, -0.2) is 4.98 Å². The predicted molar refractivity (Wildman–Crippen MR) is 96.7 cm³/mol. The van der Waals surface area contributed by atoms with Gasteiger partial charge < -0.3 is 20.1 Å². The van der Waals surface area contributed by atoms with Crippen molar-refractivity contribution in [2.24, 2.45) is 5.92 Å². The number of ether oxygens (including phenoxy) is 2. The summed E-state index contributed by atoms with van der Waals surface area (Å²) in [5.41, 5.74) is 1.85. The molecule has 1 aliphatic heterocycles. The second-order valence-electron chi connectivity index (χ2n) is 6.01. The average molecular weight is 341 g/mol. The van der Waals surface area contributed by atoms with E-state index in [0.29, 0.717) is 25.4 Å². The average Bonchev–Trinajstić information content (AvgIpc) is 2.68. The third-order valence-electron chi connectivity index (χ3n) is 4.26. The Morgan fingerprint density at radius 3 is 2.60 bits per heavy atom. The number of hydrogen-bond donors (Lipinski definition) is 2. The molecule has 0 spiro atoms. The molecule has 0 aliphatic carbocycles. The van der Waals surface area contributed by atoms with E-state index in [-0.39, 0.29) is 11.8 Å². The molecular weight excluding hydrogens is 318 g/mol. The molecule has 3 rings (SSSR count). The summed E-state index contributed by atoms with van der Waals surface area (Å²) >= 11 is 0. The summed E-state index contributed by atoms with van der Waals surface area (Å²) in [4.78, 5) is 16.5. The van der Waals surface area contributed by atoms with Crippen molar-refractivity contribution in [3.63, 3.8) is 0 Å². The summed E-state index contributed by atoms with van der Waals surface area (Å²) < 4.78 is 10.4. The van der Waals surface area contributed by atoms with E-state index in [0.717, 1.165) is 30.0 Å². The van der Waals surface area contributed by atoms with Crippen LogP contribution in [0.25, 0.3) is 0 Å². The maximum Gasteiger partial charge on any atom is 0.227 e. The largest absolute Gasteiger partial charge is 0.497 e. The summed E-state index contributed by atoms with van der Waals surface area (Å²) in [7, 11) is 1.65. The minimum atomic E-state index is 0.0293. The minimum absolute atomic E-state index is 0.0293. The summed E-state index contributed by atoms with van der Waals surface area (Å²) in [5.74, 6) is 1.68. The summed E-state index contributed by atoms with van der Waals surface area (Å²) in [6, 6.07) is 11.6. The van der Waals surface area contributed by atoms with Crippen LogP contribution in [0, 0.1) is 5.92 Å². The molecule has 6 nitrogen and oxygen atoms in total. The van der Waals surface area contributed by atoms with Gasteiger partial charge >= 0.3 is 0 Å². The first-order chi connectivity index (χ1) is 12.2. The number of methoxy groups -OCH3 is 1. The van der Waals surface area contributed by atoms with Crippen LogP contribution in [0.2, 0.25) is 0 Å². The molecule has 1 aromatic carbocycles. The first-order valence-corrected chi connectivity index (χ1v) is 8.46. The van der Waals surface area contributed by atoms with Gasteiger partial charge in [0.1, 0.15) is 11.6 Å². The SMILES string of the molecule is COc1ccc(CNc2ccc(NC(=O)C3CCOCC3)cn2)cc1. The number of nitrogens with zero attached hydrogens (tertiary/aromatic N) is 1. The van der Waals surface area contributed by atoms with E-state index in [9.17, 15) is 4.79 Å². The zero-order valence-electron chi connectivity index (χ0n) is 14.3. The van der Waals surface area contributed by atoms with E-state index in [1.165, 1.54) is 0 Å². The van der Waals surface area contributed by atoms with Crippen LogP contribution < -0.4 is 15.4 Å². The Balaban J connectivity index is 1.50. The lowest BCUT2D eigenvalue weighted by Crippen LogP contribution is -2.28. The molecule has 0 unspecified atom stereocenters. The zero-order chi connectivity index (χ0) is 17.5. The number of hydrogen-bond acceptors (Lipinski definition) is 5. The third kappa shape index (κ3) is 4.93. The molecule has 1 aliphatic rings. The van der Waals surface area contributed by atoms with Crippen molar-refractivity contribution in [3.8, 4) is 5.75 Å². The third-order valence-corrected chi connectivity index (χ3v) is 4.26. The van der Waals surface area contributed by atoms with Gasteiger partial charge in [0.05, 0.1) is 19.0 Å². The van der Waals surface area contributed by atoms with Gasteiger partial charge in [0, 0.05) is 25.7 Å². The normalized spacial score (nSPS) is 14.8. The van der Waals surface area contributed by atoms with E-state index in [2.05, 4.69) is 15.6 Å². The molecule has 6 heteroatoms. The Kier molecular flexibility index (Phi) is 5.85. The topological polar surface area (TPSA) is 72.5 Å². The predicted octanol–water partition coefficient (Wildman–Crippen LogP) is 3.07. The highest BCUT2D eigenvalue weighted by Gasteiger charge is 2.21. The Morgan fingerprint density at radius 1 is 1.20 bits per heavy atom. The van der Waals surface area contributed by atoms with Crippen LogP contribution in [0.15, 0.2) is 42.6 Å². The van der Waals surface area contributed by atoms with Gasteiger partial charge in [-0.3, -0.25) is 4.79 Å². The number of benzene rings is 1. The fourth-order valence-corrected chi connectivity index (χ4v) is 2.71. The molecule has 2 aromatic rings. The van der Waals surface area contributed by atoms with Crippen LogP contribution in [-0.2, 0) is 16.1 Å². The standard InChI is InChI=1S/C19H23N3O3/c1-24-17-5-2-14(3-6-17)12-20-18-7-4-16(13-21-18)22-19(23)15-8-10-25-11-9-15/h2-7,13,15H,8-12H2,1H3,(H,20,21)(H,22,23). The number of nitrogens with one attached hydrogen (secondary N) is 2. The molecule has 0 bridgehead atoms. The van der Waals surface area contributed by atoms with Crippen molar-refractivity contribution >= 4 is 17.4 Å². The Labute approximate surface area is 147 Å². The van der Waals surface area contributed by atoms with Crippen LogP contribution in [0.5, 0.6) is 5.75 Å². The van der Waals surface area contributed by atoms with Crippen LogP contribution in [0.3, 0.4) is 0 Å². The van der Waals surface area contributed by atoms with Crippen LogP contribution >= 0.6 is 0 Å². The molecule has 0 atom stereocenters. The molecule has 1 aromatic heterocycles. The lowest BCUT2D eigenvalue weighted by Gasteiger charge is -2.21. The number of carbonyl (C=O) groups excluding carboxylic acids is 1. The number of rotatable bonds is 6. The first-order valence-electron chi connectivity index (χ1n) is 8.46. The number of aromatic nitrogens is 1. The maximum atomic E-state index is 12.2. The van der Waals surface area contributed by atoms with Gasteiger partial charge in [-0.1, -0.05) is 12.1 Å². The van der Waals surface area contributed by atoms with E-state index in [4.69, 9.17) is 9.47 Å². The number of pyridine rings is 1. The van der Waals surface area contributed by atoms with Gasteiger partial charge in [0.25, 0.3) is 0 Å². The number of amides is 1. The first kappa shape index (κ1) is 17.2. The highest BCUT2D eigenvalue weighted by atomic mass is 16.5. The van der Waals surface area contributed by atoms with E-state index < -0.39 is 0 Å². The Morgan fingerprint density at radius 2 is 1.96 bits per heavy atom. The van der Waals surface area contributed by atoms with Gasteiger partial charge in [-0.15, -0.1) is 0 Å². The highest BCUT2D eigenvalue weighted by Crippen LogP contribution is 2.18. The summed E-state index contributed by atoms with van der Waals surface area (Å²) in [6.07, 6.45) is 3.23. The lowest BCUT2D eigenvalue weighted by molar-refractivity contribution is -0.122. The van der Waals surface area contributed by atoms with Crippen LogP contribution in [-0.4, -0.2) is 31.2 Å². The van der Waals surface area contributed by atoms with Crippen molar-refractivity contribution in [1.82, 2.24) is 4.98 Å². The monoisotopic (exact) mass is 341 g/mol. The second kappa shape index (κ2) is 8.48. The fourth-order valence-electron chi connectivity index (χ4n) is 2.71. The van der Waals surface area contributed by atoms with E-state index in [1.54, 1.807) is 13.3 Å². The molecule has 0 saturated carbocycles. The molecule has 1 fully saturated rings. The quantitative estimate of drug-likeness (QED) is 0.845. The zero-order valence-corrected chi connectivity index (χ0v) is 14.3. The van der Waals surface area contributed by atoms with E-state index in [1.807, 2.05) is 36.4 Å². The maximum absolute atomic E-state index is 12.2. The van der Waals surface area contributed by atoms with Crippen molar-refractivity contribution in [2.45, 2.75) is 19.4 Å². The van der Waals surface area contributed by atoms with Crippen molar-refractivity contribution in [3.05, 3.63) is 48.2 Å². The van der Waals surface area contributed by atoms with Crippen molar-refractivity contribution < 1.29 is 14.3 Å². The second-order valence-corrected chi connectivity index (χ2v) is 6.01. The summed E-state index contributed by atoms with van der Waals surface area (Å²) in [5, 5.41) is 6.19. The molecule has 2 N–H and O–H groups in total. The molecular formula is C19H23N3O3. The molecule has 0 radical (unpaired) electrons. The van der Waals surface area contributed by atoms with E-state index >= 15 is 0 Å². The number of anilines is 2. The van der Waals surface area contributed by atoms with Gasteiger partial charge in [0.15, 0.2) is 0 Å². The molecule has 1 saturated heterocycles.